The van der Waals surface area contributed by atoms with Gasteiger partial charge in [-0.05, 0) is 50.2 Å². The lowest BCUT2D eigenvalue weighted by Gasteiger charge is -2.38. The molecule has 4 nitrogen and oxygen atoms in total. The third-order valence-corrected chi connectivity index (χ3v) is 6.27. The van der Waals surface area contributed by atoms with Gasteiger partial charge in [0.1, 0.15) is 0 Å². The molecule has 0 bridgehead atoms. The SMILES string of the molecule is CC(C1CC1)N(C(=O)CN1CCNCC1c1ccccc1Cl)C1CC1. The van der Waals surface area contributed by atoms with Crippen molar-refractivity contribution < 1.29 is 4.79 Å². The molecule has 2 atom stereocenters. The molecule has 1 N–H and O–H groups in total. The van der Waals surface area contributed by atoms with Crippen LogP contribution < -0.4 is 5.32 Å². The van der Waals surface area contributed by atoms with E-state index in [4.69, 9.17) is 11.6 Å². The van der Waals surface area contributed by atoms with Gasteiger partial charge in [-0.3, -0.25) is 9.69 Å². The summed E-state index contributed by atoms with van der Waals surface area (Å²) in [5.41, 5.74) is 1.12. The van der Waals surface area contributed by atoms with Crippen molar-refractivity contribution in [2.24, 2.45) is 5.92 Å². The first-order chi connectivity index (χ1) is 12.1. The predicted octanol–water partition coefficient (Wildman–Crippen LogP) is 3.08. The van der Waals surface area contributed by atoms with Gasteiger partial charge in [-0.25, -0.2) is 0 Å². The summed E-state index contributed by atoms with van der Waals surface area (Å²) in [6.07, 6.45) is 4.93. The Bertz CT molecular complexity index is 629. The van der Waals surface area contributed by atoms with Gasteiger partial charge in [0.2, 0.25) is 5.91 Å². The standard InChI is InChI=1S/C20H28ClN3O/c1-14(15-6-7-15)24(16-8-9-16)20(25)13-23-11-10-22-12-19(23)17-4-2-3-5-18(17)21/h2-5,14-16,19,22H,6-13H2,1H3. The Balaban J connectivity index is 1.49. The van der Waals surface area contributed by atoms with E-state index in [1.807, 2.05) is 18.2 Å². The van der Waals surface area contributed by atoms with Crippen molar-refractivity contribution in [3.8, 4) is 0 Å². The monoisotopic (exact) mass is 361 g/mol. The number of piperazine rings is 1. The predicted molar refractivity (Wildman–Crippen MR) is 101 cm³/mol. The number of rotatable bonds is 6. The fourth-order valence-electron chi connectivity index (χ4n) is 4.16. The molecule has 0 radical (unpaired) electrons. The van der Waals surface area contributed by atoms with Crippen molar-refractivity contribution in [2.45, 2.75) is 50.7 Å². The van der Waals surface area contributed by atoms with Crippen LogP contribution in [0, 0.1) is 5.92 Å². The Morgan fingerprint density at radius 3 is 2.76 bits per heavy atom. The lowest BCUT2D eigenvalue weighted by Crippen LogP contribution is -2.52. The number of carbonyl (C=O) groups excluding carboxylic acids is 1. The molecule has 1 saturated heterocycles. The quantitative estimate of drug-likeness (QED) is 0.845. The van der Waals surface area contributed by atoms with Crippen LogP contribution in [-0.2, 0) is 4.79 Å². The molecule has 0 aromatic heterocycles. The first-order valence-corrected chi connectivity index (χ1v) is 10.0. The zero-order valence-corrected chi connectivity index (χ0v) is 15.7. The second-order valence-corrected chi connectivity index (χ2v) is 8.23. The van der Waals surface area contributed by atoms with Gasteiger partial charge in [0.15, 0.2) is 0 Å². The fraction of sp³-hybridized carbons (Fsp3) is 0.650. The van der Waals surface area contributed by atoms with Gasteiger partial charge in [0, 0.05) is 42.8 Å². The highest BCUT2D eigenvalue weighted by Gasteiger charge is 2.42. The zero-order chi connectivity index (χ0) is 17.4. The van der Waals surface area contributed by atoms with Crippen molar-refractivity contribution >= 4 is 17.5 Å². The summed E-state index contributed by atoms with van der Waals surface area (Å²) in [6, 6.07) is 9.08. The molecular weight excluding hydrogens is 334 g/mol. The van der Waals surface area contributed by atoms with Crippen LogP contribution in [0.5, 0.6) is 0 Å². The minimum Gasteiger partial charge on any atom is -0.336 e. The molecule has 0 spiro atoms. The molecule has 1 amide bonds. The fourth-order valence-corrected chi connectivity index (χ4v) is 4.43. The Kier molecular flexibility index (Phi) is 5.03. The number of nitrogens with one attached hydrogen (secondary N) is 1. The number of carbonyl (C=O) groups is 1. The number of benzene rings is 1. The molecule has 4 rings (SSSR count). The first kappa shape index (κ1) is 17.3. The number of nitrogens with zero attached hydrogens (tertiary/aromatic N) is 2. The Labute approximate surface area is 155 Å². The van der Waals surface area contributed by atoms with Gasteiger partial charge in [0.05, 0.1) is 6.54 Å². The zero-order valence-electron chi connectivity index (χ0n) is 15.0. The van der Waals surface area contributed by atoms with E-state index in [0.717, 1.165) is 36.1 Å². The molecule has 2 saturated carbocycles. The van der Waals surface area contributed by atoms with Crippen molar-refractivity contribution in [1.29, 1.82) is 0 Å². The van der Waals surface area contributed by atoms with Crippen LogP contribution in [0.2, 0.25) is 5.02 Å². The normalized spacial score (nSPS) is 25.6. The van der Waals surface area contributed by atoms with Gasteiger partial charge < -0.3 is 10.2 Å². The third kappa shape index (κ3) is 3.86. The molecule has 25 heavy (non-hydrogen) atoms. The van der Waals surface area contributed by atoms with Gasteiger partial charge in [-0.15, -0.1) is 0 Å². The minimum atomic E-state index is 0.170. The summed E-state index contributed by atoms with van der Waals surface area (Å²) in [6.45, 7) is 5.41. The van der Waals surface area contributed by atoms with E-state index in [0.29, 0.717) is 24.5 Å². The summed E-state index contributed by atoms with van der Waals surface area (Å²) in [5, 5.41) is 4.24. The molecule has 5 heteroatoms. The largest absolute Gasteiger partial charge is 0.336 e. The Hall–Kier alpha value is -1.10. The first-order valence-electron chi connectivity index (χ1n) is 9.65. The van der Waals surface area contributed by atoms with E-state index < -0.39 is 0 Å². The lowest BCUT2D eigenvalue weighted by molar-refractivity contribution is -0.136. The maximum Gasteiger partial charge on any atom is 0.237 e. The van der Waals surface area contributed by atoms with Crippen LogP contribution in [0.1, 0.15) is 44.2 Å². The van der Waals surface area contributed by atoms with Crippen LogP contribution in [0.4, 0.5) is 0 Å². The van der Waals surface area contributed by atoms with E-state index >= 15 is 0 Å². The maximum absolute atomic E-state index is 13.2. The Morgan fingerprint density at radius 1 is 1.32 bits per heavy atom. The molecule has 3 fully saturated rings. The van der Waals surface area contributed by atoms with Crippen molar-refractivity contribution in [3.05, 3.63) is 34.9 Å². The van der Waals surface area contributed by atoms with Gasteiger partial charge >= 0.3 is 0 Å². The molecule has 2 aliphatic carbocycles. The molecule has 1 aliphatic heterocycles. The van der Waals surface area contributed by atoms with Crippen LogP contribution >= 0.6 is 11.6 Å². The smallest absolute Gasteiger partial charge is 0.237 e. The van der Waals surface area contributed by atoms with E-state index in [9.17, 15) is 4.79 Å². The van der Waals surface area contributed by atoms with E-state index in [1.165, 1.54) is 25.7 Å². The van der Waals surface area contributed by atoms with Crippen LogP contribution in [0.3, 0.4) is 0 Å². The number of hydrogen-bond acceptors (Lipinski definition) is 3. The van der Waals surface area contributed by atoms with Crippen molar-refractivity contribution in [1.82, 2.24) is 15.1 Å². The highest BCUT2D eigenvalue weighted by molar-refractivity contribution is 6.31. The number of hydrogen-bond donors (Lipinski definition) is 1. The summed E-state index contributed by atoms with van der Waals surface area (Å²) >= 11 is 6.43. The molecule has 1 aromatic carbocycles. The molecule has 3 aliphatic rings. The maximum atomic E-state index is 13.2. The molecule has 1 aromatic rings. The molecule has 2 unspecified atom stereocenters. The van der Waals surface area contributed by atoms with Crippen LogP contribution in [0.25, 0.3) is 0 Å². The van der Waals surface area contributed by atoms with Gasteiger partial charge in [0.25, 0.3) is 0 Å². The summed E-state index contributed by atoms with van der Waals surface area (Å²) < 4.78 is 0. The molecule has 1 heterocycles. The second-order valence-electron chi connectivity index (χ2n) is 7.82. The van der Waals surface area contributed by atoms with E-state index in [-0.39, 0.29) is 6.04 Å². The summed E-state index contributed by atoms with van der Waals surface area (Å²) in [7, 11) is 0. The second kappa shape index (κ2) is 7.26. The van der Waals surface area contributed by atoms with Crippen molar-refractivity contribution in [3.63, 3.8) is 0 Å². The summed E-state index contributed by atoms with van der Waals surface area (Å²) in [5.74, 6) is 1.03. The number of amides is 1. The van der Waals surface area contributed by atoms with Crippen LogP contribution in [-0.4, -0.2) is 54.0 Å². The molecule has 136 valence electrons. The van der Waals surface area contributed by atoms with Crippen LogP contribution in [0.15, 0.2) is 24.3 Å². The molecular formula is C20H28ClN3O. The topological polar surface area (TPSA) is 35.6 Å². The highest BCUT2D eigenvalue weighted by Crippen LogP contribution is 2.40. The Morgan fingerprint density at radius 2 is 2.08 bits per heavy atom. The highest BCUT2D eigenvalue weighted by atomic mass is 35.5. The third-order valence-electron chi connectivity index (χ3n) is 5.93. The van der Waals surface area contributed by atoms with E-state index in [2.05, 4.69) is 28.1 Å². The van der Waals surface area contributed by atoms with E-state index in [1.54, 1.807) is 0 Å². The summed E-state index contributed by atoms with van der Waals surface area (Å²) in [4.78, 5) is 17.7. The van der Waals surface area contributed by atoms with Gasteiger partial charge in [-0.1, -0.05) is 29.8 Å². The number of halogens is 1. The van der Waals surface area contributed by atoms with Gasteiger partial charge in [-0.2, -0.15) is 0 Å². The van der Waals surface area contributed by atoms with Crippen molar-refractivity contribution in [2.75, 3.05) is 26.2 Å². The average Bonchev–Trinajstić information content (AvgIpc) is 3.48. The minimum absolute atomic E-state index is 0.170. The average molecular weight is 362 g/mol. The lowest BCUT2D eigenvalue weighted by atomic mass is 10.0.